The van der Waals surface area contributed by atoms with Crippen LogP contribution in [0.4, 0.5) is 0 Å². The molecule has 0 radical (unpaired) electrons. The van der Waals surface area contributed by atoms with Crippen LogP contribution in [-0.2, 0) is 26.0 Å². The topological polar surface area (TPSA) is 66.9 Å². The summed E-state index contributed by atoms with van der Waals surface area (Å²) in [6.07, 6.45) is 1.51. The van der Waals surface area contributed by atoms with Crippen molar-refractivity contribution < 1.29 is 17.9 Å². The second-order valence-electron chi connectivity index (χ2n) is 6.41. The van der Waals surface area contributed by atoms with E-state index in [0.29, 0.717) is 26.1 Å². The van der Waals surface area contributed by atoms with E-state index < -0.39 is 16.1 Å². The summed E-state index contributed by atoms with van der Waals surface area (Å²) in [6, 6.07) is 9.59. The van der Waals surface area contributed by atoms with Gasteiger partial charge in [-0.2, -0.15) is 4.31 Å². The lowest BCUT2D eigenvalue weighted by atomic mass is 10.1. The molecule has 0 aromatic heterocycles. The number of carbonyl (C=O) groups is 1. The Balaban J connectivity index is 1.92. The Labute approximate surface area is 150 Å². The van der Waals surface area contributed by atoms with E-state index in [4.69, 9.17) is 4.74 Å². The number of hydrogen-bond donors (Lipinski definition) is 0. The van der Waals surface area contributed by atoms with Crippen LogP contribution >= 0.6 is 0 Å². The van der Waals surface area contributed by atoms with E-state index in [-0.39, 0.29) is 24.7 Å². The second kappa shape index (κ2) is 9.31. The normalized spacial score (nSPS) is 18.9. The Morgan fingerprint density at radius 3 is 2.72 bits per heavy atom. The van der Waals surface area contributed by atoms with E-state index in [1.165, 1.54) is 9.87 Å². The van der Waals surface area contributed by atoms with Crippen molar-refractivity contribution in [2.75, 3.05) is 39.1 Å². The van der Waals surface area contributed by atoms with E-state index >= 15 is 0 Å². The molecule has 1 amide bonds. The van der Waals surface area contributed by atoms with E-state index in [9.17, 15) is 13.2 Å². The Morgan fingerprint density at radius 2 is 2.04 bits per heavy atom. The fraction of sp³-hybridized carbons (Fsp3) is 0.611. The first-order valence-corrected chi connectivity index (χ1v) is 10.4. The fourth-order valence-corrected chi connectivity index (χ4v) is 4.66. The number of carbonyl (C=O) groups excluding carboxylic acids is 1. The molecule has 1 aliphatic heterocycles. The van der Waals surface area contributed by atoms with Gasteiger partial charge in [-0.25, -0.2) is 8.42 Å². The summed E-state index contributed by atoms with van der Waals surface area (Å²) in [5, 5.41) is 0. The average molecular weight is 368 g/mol. The minimum absolute atomic E-state index is 0.0527. The predicted molar refractivity (Wildman–Crippen MR) is 97.8 cm³/mol. The van der Waals surface area contributed by atoms with Crippen molar-refractivity contribution in [2.45, 2.75) is 32.2 Å². The summed E-state index contributed by atoms with van der Waals surface area (Å²) in [5.41, 5.74) is 1.18. The molecule has 1 aliphatic rings. The molecule has 0 spiro atoms. The molecule has 1 unspecified atom stereocenters. The number of rotatable bonds is 8. The van der Waals surface area contributed by atoms with Gasteiger partial charge in [-0.15, -0.1) is 0 Å². The number of nitrogens with zero attached hydrogens (tertiary/aromatic N) is 2. The molecule has 7 heteroatoms. The molecule has 1 aromatic rings. The first-order valence-electron chi connectivity index (χ1n) is 8.79. The van der Waals surface area contributed by atoms with Crippen molar-refractivity contribution in [1.82, 2.24) is 9.21 Å². The lowest BCUT2D eigenvalue weighted by Crippen LogP contribution is -2.51. The number of amides is 1. The van der Waals surface area contributed by atoms with E-state index in [1.54, 1.807) is 11.9 Å². The lowest BCUT2D eigenvalue weighted by Gasteiger charge is -2.35. The number of morpholine rings is 1. The number of benzene rings is 1. The Kier molecular flexibility index (Phi) is 7.40. The largest absolute Gasteiger partial charge is 0.378 e. The number of likely N-dealkylation sites (N-methyl/N-ethyl adjacent to an activating group) is 1. The molecule has 0 bridgehead atoms. The number of ether oxygens (including phenoxy) is 1. The third-order valence-electron chi connectivity index (χ3n) is 4.41. The standard InChI is InChI=1S/C18H28N2O4S/c1-3-13-25(22,23)20-11-12-24-15-17(20)14-18(21)19(2)10-9-16-7-5-4-6-8-16/h4-8,17H,3,9-15H2,1-2H3. The third-order valence-corrected chi connectivity index (χ3v) is 6.53. The van der Waals surface area contributed by atoms with Crippen molar-refractivity contribution in [3.8, 4) is 0 Å². The highest BCUT2D eigenvalue weighted by Crippen LogP contribution is 2.17. The smallest absolute Gasteiger partial charge is 0.224 e. The average Bonchev–Trinajstić information content (AvgIpc) is 2.60. The van der Waals surface area contributed by atoms with Crippen molar-refractivity contribution in [2.24, 2.45) is 0 Å². The minimum Gasteiger partial charge on any atom is -0.378 e. The monoisotopic (exact) mass is 368 g/mol. The van der Waals surface area contributed by atoms with Gasteiger partial charge in [0.2, 0.25) is 15.9 Å². The van der Waals surface area contributed by atoms with Crippen LogP contribution in [0.2, 0.25) is 0 Å². The van der Waals surface area contributed by atoms with Crippen LogP contribution in [0.25, 0.3) is 0 Å². The molecule has 0 N–H and O–H groups in total. The van der Waals surface area contributed by atoms with Gasteiger partial charge < -0.3 is 9.64 Å². The first kappa shape index (κ1) is 19.9. The summed E-state index contributed by atoms with van der Waals surface area (Å²) in [4.78, 5) is 14.2. The minimum atomic E-state index is -3.33. The lowest BCUT2D eigenvalue weighted by molar-refractivity contribution is -0.131. The van der Waals surface area contributed by atoms with Gasteiger partial charge in [-0.05, 0) is 18.4 Å². The van der Waals surface area contributed by atoms with Gasteiger partial charge in [-0.1, -0.05) is 37.3 Å². The van der Waals surface area contributed by atoms with Crippen molar-refractivity contribution in [1.29, 1.82) is 0 Å². The van der Waals surface area contributed by atoms with Gasteiger partial charge in [0, 0.05) is 26.6 Å². The Bertz CT molecular complexity index is 648. The van der Waals surface area contributed by atoms with E-state index in [1.807, 2.05) is 37.3 Å². The molecule has 140 valence electrons. The van der Waals surface area contributed by atoms with Crippen LogP contribution in [0.5, 0.6) is 0 Å². The quantitative estimate of drug-likeness (QED) is 0.698. The first-order chi connectivity index (χ1) is 11.9. The maximum absolute atomic E-state index is 12.5. The van der Waals surface area contributed by atoms with Gasteiger partial charge in [0.25, 0.3) is 0 Å². The van der Waals surface area contributed by atoms with Crippen LogP contribution in [0.3, 0.4) is 0 Å². The van der Waals surface area contributed by atoms with Gasteiger partial charge >= 0.3 is 0 Å². The summed E-state index contributed by atoms with van der Waals surface area (Å²) in [5.74, 6) is 0.0600. The molecule has 0 aliphatic carbocycles. The molecule has 25 heavy (non-hydrogen) atoms. The SMILES string of the molecule is CCCS(=O)(=O)N1CCOCC1CC(=O)N(C)CCc1ccccc1. The Morgan fingerprint density at radius 1 is 1.32 bits per heavy atom. The highest BCUT2D eigenvalue weighted by atomic mass is 32.2. The van der Waals surface area contributed by atoms with Crippen molar-refractivity contribution in [3.63, 3.8) is 0 Å². The van der Waals surface area contributed by atoms with E-state index in [0.717, 1.165) is 6.42 Å². The zero-order valence-electron chi connectivity index (χ0n) is 15.1. The molecule has 0 saturated carbocycles. The molecule has 1 atom stereocenters. The fourth-order valence-electron chi connectivity index (χ4n) is 2.97. The van der Waals surface area contributed by atoms with Gasteiger partial charge in [0.15, 0.2) is 0 Å². The number of hydrogen-bond acceptors (Lipinski definition) is 4. The summed E-state index contributed by atoms with van der Waals surface area (Å²) >= 11 is 0. The second-order valence-corrected chi connectivity index (χ2v) is 8.45. The number of sulfonamides is 1. The summed E-state index contributed by atoms with van der Waals surface area (Å²) < 4.78 is 31.7. The van der Waals surface area contributed by atoms with Crippen LogP contribution < -0.4 is 0 Å². The molecular formula is C18H28N2O4S. The zero-order chi connectivity index (χ0) is 18.3. The van der Waals surface area contributed by atoms with Crippen LogP contribution in [0.15, 0.2) is 30.3 Å². The van der Waals surface area contributed by atoms with Gasteiger partial charge in [-0.3, -0.25) is 4.79 Å². The molecule has 1 heterocycles. The van der Waals surface area contributed by atoms with Crippen molar-refractivity contribution >= 4 is 15.9 Å². The van der Waals surface area contributed by atoms with Gasteiger partial charge in [0.1, 0.15) is 0 Å². The van der Waals surface area contributed by atoms with Crippen LogP contribution in [0, 0.1) is 0 Å². The molecule has 1 saturated heterocycles. The van der Waals surface area contributed by atoms with Gasteiger partial charge in [0.05, 0.1) is 25.0 Å². The van der Waals surface area contributed by atoms with E-state index in [2.05, 4.69) is 0 Å². The maximum atomic E-state index is 12.5. The molecule has 6 nitrogen and oxygen atoms in total. The van der Waals surface area contributed by atoms with Crippen LogP contribution in [0.1, 0.15) is 25.3 Å². The zero-order valence-corrected chi connectivity index (χ0v) is 15.9. The Hall–Kier alpha value is -1.44. The molecule has 1 fully saturated rings. The van der Waals surface area contributed by atoms with Crippen molar-refractivity contribution in [3.05, 3.63) is 35.9 Å². The molecule has 1 aromatic carbocycles. The third kappa shape index (κ3) is 5.80. The maximum Gasteiger partial charge on any atom is 0.224 e. The van der Waals surface area contributed by atoms with Crippen LogP contribution in [-0.4, -0.2) is 68.7 Å². The predicted octanol–water partition coefficient (Wildman–Crippen LogP) is 1.52. The highest BCUT2D eigenvalue weighted by molar-refractivity contribution is 7.89. The molecule has 2 rings (SSSR count). The summed E-state index contributed by atoms with van der Waals surface area (Å²) in [7, 11) is -1.56. The summed E-state index contributed by atoms with van der Waals surface area (Å²) in [6.45, 7) is 3.44. The molecular weight excluding hydrogens is 340 g/mol. The highest BCUT2D eigenvalue weighted by Gasteiger charge is 2.34.